The van der Waals surface area contributed by atoms with Gasteiger partial charge in [-0.3, -0.25) is 9.59 Å². The molecule has 148 valence electrons. The zero-order chi connectivity index (χ0) is 20.7. The smallest absolute Gasteiger partial charge is 0.249 e. The molecule has 2 rings (SSSR count). The first-order valence-corrected chi connectivity index (χ1v) is 9.57. The zero-order valence-corrected chi connectivity index (χ0v) is 17.7. The van der Waals surface area contributed by atoms with Crippen molar-refractivity contribution in [3.63, 3.8) is 0 Å². The number of nitrogens with one attached hydrogen (secondary N) is 2. The number of amides is 2. The lowest BCUT2D eigenvalue weighted by Crippen LogP contribution is -2.24. The Hall–Kier alpha value is -2.29. The summed E-state index contributed by atoms with van der Waals surface area (Å²) in [6, 6.07) is 7.94. The Morgan fingerprint density at radius 3 is 2.75 bits per heavy atom. The number of hydrogen-bond donors (Lipinski definition) is 3. The summed E-state index contributed by atoms with van der Waals surface area (Å²) in [4.78, 5) is 23.8. The van der Waals surface area contributed by atoms with Crippen molar-refractivity contribution < 1.29 is 19.4 Å². The van der Waals surface area contributed by atoms with Crippen molar-refractivity contribution in [2.24, 2.45) is 5.10 Å². The third-order valence-corrected chi connectivity index (χ3v) is 4.72. The van der Waals surface area contributed by atoms with Crippen LogP contribution in [0.15, 0.2) is 39.9 Å². The van der Waals surface area contributed by atoms with E-state index in [1.807, 2.05) is 0 Å². The fourth-order valence-electron chi connectivity index (χ4n) is 2.09. The maximum absolute atomic E-state index is 11.9. The van der Waals surface area contributed by atoms with Gasteiger partial charge >= 0.3 is 0 Å². The number of anilines is 1. The second-order valence-electron chi connectivity index (χ2n) is 5.40. The first-order chi connectivity index (χ1) is 13.3. The van der Waals surface area contributed by atoms with E-state index in [-0.39, 0.29) is 16.5 Å². The van der Waals surface area contributed by atoms with E-state index >= 15 is 0 Å². The quantitative estimate of drug-likeness (QED) is 0.306. The molecule has 0 spiro atoms. The summed E-state index contributed by atoms with van der Waals surface area (Å²) in [5.74, 6) is -0.931. The molecule has 2 aromatic carbocycles. The molecular weight excluding hydrogens is 473 g/mol. The molecule has 0 saturated carbocycles. The van der Waals surface area contributed by atoms with Gasteiger partial charge in [0.2, 0.25) is 11.8 Å². The van der Waals surface area contributed by atoms with E-state index in [9.17, 15) is 14.7 Å². The van der Waals surface area contributed by atoms with Crippen LogP contribution < -0.4 is 15.5 Å². The van der Waals surface area contributed by atoms with E-state index in [1.165, 1.54) is 6.21 Å². The Morgan fingerprint density at radius 1 is 1.29 bits per heavy atom. The van der Waals surface area contributed by atoms with Crippen molar-refractivity contribution in [3.05, 3.63) is 50.4 Å². The lowest BCUT2D eigenvalue weighted by Gasteiger charge is -2.08. The van der Waals surface area contributed by atoms with Crippen LogP contribution in [0.3, 0.4) is 0 Å². The summed E-state index contributed by atoms with van der Waals surface area (Å²) >= 11 is 15.1. The molecule has 7 nitrogen and oxygen atoms in total. The van der Waals surface area contributed by atoms with Crippen LogP contribution in [0.2, 0.25) is 10.0 Å². The molecule has 0 aliphatic carbocycles. The molecule has 0 radical (unpaired) electrons. The molecule has 0 bridgehead atoms. The zero-order valence-electron chi connectivity index (χ0n) is 14.6. The van der Waals surface area contributed by atoms with Crippen molar-refractivity contribution in [2.75, 3.05) is 11.9 Å². The number of hydrazone groups is 1. The number of benzene rings is 2. The van der Waals surface area contributed by atoms with E-state index in [1.54, 1.807) is 37.3 Å². The number of halogens is 3. The van der Waals surface area contributed by atoms with Gasteiger partial charge in [0.05, 0.1) is 33.0 Å². The number of hydrogen-bond acceptors (Lipinski definition) is 5. The largest absolute Gasteiger partial charge is 0.503 e. The van der Waals surface area contributed by atoms with Gasteiger partial charge in [-0.05, 0) is 52.7 Å². The van der Waals surface area contributed by atoms with E-state index in [0.29, 0.717) is 27.4 Å². The summed E-state index contributed by atoms with van der Waals surface area (Å²) in [6.07, 6.45) is 0.903. The lowest BCUT2D eigenvalue weighted by molar-refractivity contribution is -0.126. The van der Waals surface area contributed by atoms with Crippen LogP contribution >= 0.6 is 39.1 Å². The number of aromatic hydroxyl groups is 1. The minimum Gasteiger partial charge on any atom is -0.503 e. The fourth-order valence-corrected chi connectivity index (χ4v) is 2.90. The first-order valence-electron chi connectivity index (χ1n) is 8.03. The predicted molar refractivity (Wildman–Crippen MR) is 112 cm³/mol. The summed E-state index contributed by atoms with van der Waals surface area (Å²) < 4.78 is 5.73. The van der Waals surface area contributed by atoms with E-state index in [2.05, 4.69) is 31.8 Å². The highest BCUT2D eigenvalue weighted by Gasteiger charge is 2.12. The van der Waals surface area contributed by atoms with Gasteiger partial charge in [-0.15, -0.1) is 0 Å². The van der Waals surface area contributed by atoms with E-state index < -0.39 is 18.2 Å². The van der Waals surface area contributed by atoms with Crippen LogP contribution in [0, 0.1) is 0 Å². The van der Waals surface area contributed by atoms with Crippen molar-refractivity contribution in [1.29, 1.82) is 0 Å². The normalized spacial score (nSPS) is 10.7. The molecule has 0 aromatic heterocycles. The standard InChI is InChI=1S/C18H16BrCl2N3O4/c1-2-28-14-7-10(6-11(19)18(14)27)9-22-24-16(26)8-15(25)23-13-5-3-4-12(20)17(13)21/h3-7,9,27H,2,8H2,1H3,(H,23,25)(H,24,26). The molecular formula is C18H16BrCl2N3O4. The average molecular weight is 489 g/mol. The summed E-state index contributed by atoms with van der Waals surface area (Å²) in [7, 11) is 0. The Labute approximate surface area is 179 Å². The summed E-state index contributed by atoms with van der Waals surface area (Å²) in [5.41, 5.74) is 3.14. The number of rotatable bonds is 7. The highest BCUT2D eigenvalue weighted by molar-refractivity contribution is 9.10. The van der Waals surface area contributed by atoms with Gasteiger partial charge in [0, 0.05) is 0 Å². The molecule has 0 saturated heterocycles. The van der Waals surface area contributed by atoms with Gasteiger partial charge in [-0.1, -0.05) is 29.3 Å². The Kier molecular flexibility index (Phi) is 8.10. The highest BCUT2D eigenvalue weighted by Crippen LogP contribution is 2.35. The third kappa shape index (κ3) is 6.12. The topological polar surface area (TPSA) is 100 Å². The second-order valence-corrected chi connectivity index (χ2v) is 7.04. The molecule has 2 amide bonds. The van der Waals surface area contributed by atoms with Crippen LogP contribution in [0.25, 0.3) is 0 Å². The van der Waals surface area contributed by atoms with Gasteiger partial charge in [-0.25, -0.2) is 5.43 Å². The molecule has 0 heterocycles. The number of carbonyl (C=O) groups is 2. The number of carbonyl (C=O) groups excluding carboxylic acids is 2. The monoisotopic (exact) mass is 487 g/mol. The number of ether oxygens (including phenoxy) is 1. The number of phenolic OH excluding ortho intramolecular Hbond substituents is 1. The first kappa shape index (κ1) is 22.0. The van der Waals surface area contributed by atoms with Gasteiger partial charge in [0.15, 0.2) is 11.5 Å². The van der Waals surface area contributed by atoms with E-state index in [4.69, 9.17) is 27.9 Å². The molecule has 0 aliphatic rings. The van der Waals surface area contributed by atoms with Crippen LogP contribution in [0.5, 0.6) is 11.5 Å². The SMILES string of the molecule is CCOc1cc(C=NNC(=O)CC(=O)Nc2cccc(Cl)c2Cl)cc(Br)c1O. The third-order valence-electron chi connectivity index (χ3n) is 3.30. The second kappa shape index (κ2) is 10.3. The summed E-state index contributed by atoms with van der Waals surface area (Å²) in [5, 5.41) is 16.7. The van der Waals surface area contributed by atoms with Crippen LogP contribution in [-0.2, 0) is 9.59 Å². The van der Waals surface area contributed by atoms with Gasteiger partial charge in [-0.2, -0.15) is 5.10 Å². The number of phenols is 1. The predicted octanol–water partition coefficient (Wildman–Crippen LogP) is 4.34. The Bertz CT molecular complexity index is 922. The average Bonchev–Trinajstić information content (AvgIpc) is 2.63. The maximum atomic E-state index is 11.9. The van der Waals surface area contributed by atoms with Gasteiger partial charge < -0.3 is 15.2 Å². The maximum Gasteiger partial charge on any atom is 0.249 e. The molecule has 0 aliphatic heterocycles. The minimum absolute atomic E-state index is 0.0283. The molecule has 0 atom stereocenters. The molecule has 0 fully saturated rings. The van der Waals surface area contributed by atoms with Gasteiger partial charge in [0.25, 0.3) is 0 Å². The molecule has 2 aromatic rings. The van der Waals surface area contributed by atoms with Crippen molar-refractivity contribution in [1.82, 2.24) is 5.43 Å². The molecule has 3 N–H and O–H groups in total. The lowest BCUT2D eigenvalue weighted by atomic mass is 10.2. The minimum atomic E-state index is -0.616. The van der Waals surface area contributed by atoms with Crippen molar-refractivity contribution >= 4 is 62.8 Å². The van der Waals surface area contributed by atoms with Crippen molar-refractivity contribution in [2.45, 2.75) is 13.3 Å². The summed E-state index contributed by atoms with van der Waals surface area (Å²) in [6.45, 7) is 2.17. The Balaban J connectivity index is 1.93. The van der Waals surface area contributed by atoms with Crippen LogP contribution in [0.4, 0.5) is 5.69 Å². The highest BCUT2D eigenvalue weighted by atomic mass is 79.9. The molecule has 10 heteroatoms. The molecule has 28 heavy (non-hydrogen) atoms. The Morgan fingerprint density at radius 2 is 2.04 bits per heavy atom. The fraction of sp³-hybridized carbons (Fsp3) is 0.167. The van der Waals surface area contributed by atoms with Crippen molar-refractivity contribution in [3.8, 4) is 11.5 Å². The van der Waals surface area contributed by atoms with Crippen LogP contribution in [0.1, 0.15) is 18.9 Å². The molecule has 0 unspecified atom stereocenters. The number of nitrogens with zero attached hydrogens (tertiary/aromatic N) is 1. The van der Waals surface area contributed by atoms with E-state index in [0.717, 1.165) is 0 Å². The van der Waals surface area contributed by atoms with Crippen LogP contribution in [-0.4, -0.2) is 29.7 Å². The van der Waals surface area contributed by atoms with Gasteiger partial charge in [0.1, 0.15) is 6.42 Å².